The molecule has 20 heavy (non-hydrogen) atoms. The second-order valence-corrected chi connectivity index (χ2v) is 7.74. The zero-order valence-electron chi connectivity index (χ0n) is 10.9. The molecule has 0 bridgehead atoms. The van der Waals surface area contributed by atoms with Crippen LogP contribution in [-0.4, -0.2) is 20.5 Å². The van der Waals surface area contributed by atoms with Gasteiger partial charge in [0.15, 0.2) is 5.82 Å². The summed E-state index contributed by atoms with van der Waals surface area (Å²) in [6.07, 6.45) is 0. The number of nitrogens with one attached hydrogen (secondary N) is 1. The SMILES string of the molecule is Cc1cc(NC(=O)[C@@H](C)[S@@](=O)Cc2ccc(Cl)s2)no1. The Bertz CT molecular complexity index is 584. The number of hydrogen-bond donors (Lipinski definition) is 1. The van der Waals surface area contributed by atoms with Crippen LogP contribution in [0.4, 0.5) is 5.82 Å². The van der Waals surface area contributed by atoms with Gasteiger partial charge in [-0.15, -0.1) is 11.3 Å². The standard InChI is InChI=1S/C12H13ClN2O3S2/c1-7-5-11(15-18-7)14-12(16)8(2)20(17)6-9-3-4-10(13)19-9/h3-5,8H,6H2,1-2H3,(H,14,15,16)/t8-,20+/m1/s1. The molecule has 108 valence electrons. The number of rotatable bonds is 5. The highest BCUT2D eigenvalue weighted by atomic mass is 35.5. The number of hydrogen-bond acceptors (Lipinski definition) is 5. The number of nitrogens with zero attached hydrogens (tertiary/aromatic N) is 1. The Morgan fingerprint density at radius 3 is 2.90 bits per heavy atom. The van der Waals surface area contributed by atoms with E-state index >= 15 is 0 Å². The highest BCUT2D eigenvalue weighted by Crippen LogP contribution is 2.23. The van der Waals surface area contributed by atoms with Gasteiger partial charge >= 0.3 is 0 Å². The van der Waals surface area contributed by atoms with E-state index in [1.165, 1.54) is 11.3 Å². The summed E-state index contributed by atoms with van der Waals surface area (Å²) in [4.78, 5) is 12.8. The summed E-state index contributed by atoms with van der Waals surface area (Å²) in [6, 6.07) is 5.17. The summed E-state index contributed by atoms with van der Waals surface area (Å²) in [6.45, 7) is 3.35. The molecule has 2 aromatic rings. The first-order valence-corrected chi connectivity index (χ1v) is 8.39. The highest BCUT2D eigenvalue weighted by molar-refractivity contribution is 7.85. The average molecular weight is 333 g/mol. The molecule has 0 spiro atoms. The van der Waals surface area contributed by atoms with Gasteiger partial charge in [-0.25, -0.2) is 0 Å². The fraction of sp³-hybridized carbons (Fsp3) is 0.333. The lowest BCUT2D eigenvalue weighted by Crippen LogP contribution is -2.29. The van der Waals surface area contributed by atoms with Crippen molar-refractivity contribution in [2.24, 2.45) is 0 Å². The van der Waals surface area contributed by atoms with Crippen molar-refractivity contribution in [2.75, 3.05) is 5.32 Å². The number of anilines is 1. The maximum Gasteiger partial charge on any atom is 0.241 e. The maximum atomic E-state index is 12.1. The van der Waals surface area contributed by atoms with Gasteiger partial charge in [-0.05, 0) is 26.0 Å². The predicted molar refractivity (Wildman–Crippen MR) is 80.5 cm³/mol. The van der Waals surface area contributed by atoms with E-state index in [1.54, 1.807) is 26.0 Å². The van der Waals surface area contributed by atoms with E-state index in [0.717, 1.165) is 4.88 Å². The van der Waals surface area contributed by atoms with Crippen molar-refractivity contribution in [3.05, 3.63) is 33.2 Å². The van der Waals surface area contributed by atoms with Crippen molar-refractivity contribution in [3.63, 3.8) is 0 Å². The van der Waals surface area contributed by atoms with Crippen LogP contribution in [0, 0.1) is 6.92 Å². The first kappa shape index (κ1) is 15.2. The van der Waals surface area contributed by atoms with Crippen molar-refractivity contribution in [3.8, 4) is 0 Å². The number of amides is 1. The molecule has 0 aliphatic carbocycles. The topological polar surface area (TPSA) is 72.2 Å². The second-order valence-electron chi connectivity index (χ2n) is 4.19. The Labute approximate surface area is 127 Å². The lowest BCUT2D eigenvalue weighted by molar-refractivity contribution is -0.115. The molecule has 0 fully saturated rings. The van der Waals surface area contributed by atoms with E-state index < -0.39 is 16.0 Å². The fourth-order valence-corrected chi connectivity index (χ4v) is 3.86. The minimum atomic E-state index is -1.32. The molecule has 0 aliphatic rings. The summed E-state index contributed by atoms with van der Waals surface area (Å²) in [5.41, 5.74) is 0. The van der Waals surface area contributed by atoms with Gasteiger partial charge in [-0.2, -0.15) is 0 Å². The number of halogens is 1. The van der Waals surface area contributed by atoms with Crippen LogP contribution in [0.25, 0.3) is 0 Å². The number of aryl methyl sites for hydroxylation is 1. The van der Waals surface area contributed by atoms with Crippen molar-refractivity contribution >= 4 is 45.5 Å². The molecule has 2 aromatic heterocycles. The first-order valence-electron chi connectivity index (χ1n) is 5.81. The smallest absolute Gasteiger partial charge is 0.241 e. The third kappa shape index (κ3) is 3.91. The van der Waals surface area contributed by atoms with Gasteiger partial charge in [0, 0.05) is 21.7 Å². The van der Waals surface area contributed by atoms with E-state index in [-0.39, 0.29) is 5.91 Å². The zero-order valence-corrected chi connectivity index (χ0v) is 13.3. The Balaban J connectivity index is 1.94. The largest absolute Gasteiger partial charge is 0.360 e. The number of carbonyl (C=O) groups excluding carboxylic acids is 1. The molecule has 1 N–H and O–H groups in total. The quantitative estimate of drug-likeness (QED) is 0.913. The Hall–Kier alpha value is -1.18. The van der Waals surface area contributed by atoms with Crippen LogP contribution in [-0.2, 0) is 21.3 Å². The van der Waals surface area contributed by atoms with Gasteiger partial charge in [0.25, 0.3) is 0 Å². The number of carbonyl (C=O) groups is 1. The van der Waals surface area contributed by atoms with E-state index in [4.69, 9.17) is 16.1 Å². The van der Waals surface area contributed by atoms with Crippen LogP contribution in [0.5, 0.6) is 0 Å². The van der Waals surface area contributed by atoms with E-state index in [1.807, 2.05) is 6.07 Å². The zero-order chi connectivity index (χ0) is 14.7. The molecule has 5 nitrogen and oxygen atoms in total. The second kappa shape index (κ2) is 6.51. The molecular weight excluding hydrogens is 320 g/mol. The normalized spacial score (nSPS) is 13.9. The molecule has 1 amide bonds. The van der Waals surface area contributed by atoms with Crippen LogP contribution >= 0.6 is 22.9 Å². The predicted octanol–water partition coefficient (Wildman–Crippen LogP) is 2.97. The van der Waals surface area contributed by atoms with Crippen LogP contribution in [0.1, 0.15) is 17.6 Å². The fourth-order valence-electron chi connectivity index (χ4n) is 1.47. The maximum absolute atomic E-state index is 12.1. The van der Waals surface area contributed by atoms with Crippen LogP contribution in [0.2, 0.25) is 4.34 Å². The monoisotopic (exact) mass is 332 g/mol. The molecule has 0 aromatic carbocycles. The molecule has 8 heteroatoms. The summed E-state index contributed by atoms with van der Waals surface area (Å²) >= 11 is 7.18. The Morgan fingerprint density at radius 2 is 2.35 bits per heavy atom. The lowest BCUT2D eigenvalue weighted by Gasteiger charge is -2.09. The van der Waals surface area contributed by atoms with Gasteiger partial charge in [0.1, 0.15) is 11.0 Å². The third-order valence-electron chi connectivity index (χ3n) is 2.56. The van der Waals surface area contributed by atoms with Crippen molar-refractivity contribution < 1.29 is 13.5 Å². The summed E-state index contributed by atoms with van der Waals surface area (Å²) in [7, 11) is -1.32. The van der Waals surface area contributed by atoms with Gasteiger partial charge in [-0.1, -0.05) is 16.8 Å². The molecule has 2 rings (SSSR count). The highest BCUT2D eigenvalue weighted by Gasteiger charge is 2.21. The summed E-state index contributed by atoms with van der Waals surface area (Å²) in [5.74, 6) is 0.890. The van der Waals surface area contributed by atoms with Crippen LogP contribution in [0.15, 0.2) is 22.7 Å². The molecule has 0 radical (unpaired) electrons. The molecule has 2 atom stereocenters. The molecule has 0 saturated heterocycles. The minimum absolute atomic E-state index is 0.309. The van der Waals surface area contributed by atoms with Crippen molar-refractivity contribution in [1.29, 1.82) is 0 Å². The molecule has 0 unspecified atom stereocenters. The molecule has 0 aliphatic heterocycles. The molecule has 2 heterocycles. The van der Waals surface area contributed by atoms with E-state index in [9.17, 15) is 9.00 Å². The van der Waals surface area contributed by atoms with Crippen LogP contribution < -0.4 is 5.32 Å². The molecular formula is C12H13ClN2O3S2. The van der Waals surface area contributed by atoms with E-state index in [2.05, 4.69) is 10.5 Å². The first-order chi connectivity index (χ1) is 9.45. The number of aromatic nitrogens is 1. The van der Waals surface area contributed by atoms with E-state index in [0.29, 0.717) is 21.7 Å². The van der Waals surface area contributed by atoms with Gasteiger partial charge in [0.2, 0.25) is 5.91 Å². The van der Waals surface area contributed by atoms with Gasteiger partial charge in [-0.3, -0.25) is 9.00 Å². The number of thiophene rings is 1. The third-order valence-corrected chi connectivity index (χ3v) is 5.57. The van der Waals surface area contributed by atoms with Gasteiger partial charge in [0.05, 0.1) is 10.1 Å². The Kier molecular flexibility index (Phi) is 4.95. The lowest BCUT2D eigenvalue weighted by atomic mass is 10.4. The average Bonchev–Trinajstić information content (AvgIpc) is 2.97. The van der Waals surface area contributed by atoms with Crippen LogP contribution in [0.3, 0.4) is 0 Å². The van der Waals surface area contributed by atoms with Crippen molar-refractivity contribution in [1.82, 2.24) is 5.16 Å². The van der Waals surface area contributed by atoms with Crippen molar-refractivity contribution in [2.45, 2.75) is 24.9 Å². The summed E-state index contributed by atoms with van der Waals surface area (Å²) < 4.78 is 17.6. The molecule has 0 saturated carbocycles. The Morgan fingerprint density at radius 1 is 1.60 bits per heavy atom. The minimum Gasteiger partial charge on any atom is -0.360 e. The summed E-state index contributed by atoms with van der Waals surface area (Å²) in [5, 5.41) is 5.59. The van der Waals surface area contributed by atoms with Gasteiger partial charge < -0.3 is 9.84 Å².